The molecule has 23 heavy (non-hydrogen) atoms. The second-order valence-corrected chi connectivity index (χ2v) is 5.53. The molecule has 0 atom stereocenters. The van der Waals surface area contributed by atoms with E-state index in [9.17, 15) is 4.39 Å². The topological polar surface area (TPSA) is 58.3 Å². The summed E-state index contributed by atoms with van der Waals surface area (Å²) in [5.41, 5.74) is 2.00. The number of nitrogens with zero attached hydrogens (tertiary/aromatic N) is 5. The van der Waals surface area contributed by atoms with Gasteiger partial charge in [0.1, 0.15) is 11.8 Å². The molecule has 0 N–H and O–H groups in total. The lowest BCUT2D eigenvalue weighted by Crippen LogP contribution is -2.47. The van der Waals surface area contributed by atoms with Crippen LogP contribution in [0.1, 0.15) is 5.69 Å². The second-order valence-electron chi connectivity index (χ2n) is 5.53. The zero-order valence-corrected chi connectivity index (χ0v) is 12.7. The van der Waals surface area contributed by atoms with Crippen molar-refractivity contribution in [2.75, 3.05) is 36.0 Å². The molecular weight excluding hydrogens is 297 g/mol. The van der Waals surface area contributed by atoms with Gasteiger partial charge in [-0.05, 0) is 19.1 Å². The smallest absolute Gasteiger partial charge is 0.298 e. The van der Waals surface area contributed by atoms with Gasteiger partial charge in [-0.15, -0.1) is 0 Å². The number of benzene rings is 1. The third-order valence-corrected chi connectivity index (χ3v) is 4.08. The number of piperazine rings is 1. The highest BCUT2D eigenvalue weighted by atomic mass is 19.1. The summed E-state index contributed by atoms with van der Waals surface area (Å²) >= 11 is 0. The minimum atomic E-state index is -0.345. The lowest BCUT2D eigenvalue weighted by molar-refractivity contribution is 0.531. The van der Waals surface area contributed by atoms with E-state index in [0.717, 1.165) is 11.1 Å². The highest BCUT2D eigenvalue weighted by Gasteiger charge is 2.24. The Balaban J connectivity index is 1.51. The van der Waals surface area contributed by atoms with Gasteiger partial charge in [-0.2, -0.15) is 4.98 Å². The van der Waals surface area contributed by atoms with E-state index >= 15 is 0 Å². The summed E-state index contributed by atoms with van der Waals surface area (Å²) < 4.78 is 19.9. The Morgan fingerprint density at radius 3 is 2.57 bits per heavy atom. The van der Waals surface area contributed by atoms with Crippen molar-refractivity contribution < 1.29 is 8.81 Å². The number of aromatic nitrogens is 3. The van der Waals surface area contributed by atoms with Crippen LogP contribution in [0, 0.1) is 12.7 Å². The summed E-state index contributed by atoms with van der Waals surface area (Å²) in [5, 5.41) is 0. The molecule has 1 saturated heterocycles. The average Bonchev–Trinajstić information content (AvgIpc) is 3.02. The Bertz CT molecular complexity index is 808. The number of halogens is 1. The van der Waals surface area contributed by atoms with Crippen LogP contribution in [0.2, 0.25) is 0 Å². The molecule has 7 heteroatoms. The van der Waals surface area contributed by atoms with Crippen LogP contribution >= 0.6 is 0 Å². The van der Waals surface area contributed by atoms with Gasteiger partial charge in [0, 0.05) is 26.2 Å². The molecule has 118 valence electrons. The number of rotatable bonds is 2. The molecule has 2 aromatic heterocycles. The predicted molar refractivity (Wildman–Crippen MR) is 85.2 cm³/mol. The molecule has 1 fully saturated rings. The summed E-state index contributed by atoms with van der Waals surface area (Å²) in [7, 11) is 0. The molecule has 0 unspecified atom stereocenters. The highest BCUT2D eigenvalue weighted by molar-refractivity contribution is 5.74. The first kappa shape index (κ1) is 13.9. The Hall–Kier alpha value is -2.70. The van der Waals surface area contributed by atoms with Crippen LogP contribution in [0.3, 0.4) is 0 Å². The van der Waals surface area contributed by atoms with Crippen LogP contribution in [-0.2, 0) is 0 Å². The molecule has 0 aliphatic carbocycles. The fraction of sp³-hybridized carbons (Fsp3) is 0.312. The number of para-hydroxylation sites is 2. The maximum Gasteiger partial charge on any atom is 0.298 e. The van der Waals surface area contributed by atoms with Gasteiger partial charge in [-0.25, -0.2) is 14.4 Å². The fourth-order valence-corrected chi connectivity index (χ4v) is 2.77. The van der Waals surface area contributed by atoms with Gasteiger partial charge in [0.15, 0.2) is 17.2 Å². The van der Waals surface area contributed by atoms with E-state index in [2.05, 4.69) is 19.9 Å². The number of hydrogen-bond donors (Lipinski definition) is 0. The fourth-order valence-electron chi connectivity index (χ4n) is 2.77. The second kappa shape index (κ2) is 5.49. The summed E-state index contributed by atoms with van der Waals surface area (Å²) in [6, 6.07) is 8.31. The summed E-state index contributed by atoms with van der Waals surface area (Å²) in [5.74, 6) is 0.0255. The molecule has 3 aromatic rings. The maximum absolute atomic E-state index is 14.1. The molecule has 0 amide bonds. The normalized spacial score (nSPS) is 15.4. The average molecular weight is 313 g/mol. The van der Waals surface area contributed by atoms with E-state index in [0.29, 0.717) is 43.7 Å². The van der Waals surface area contributed by atoms with E-state index in [1.54, 1.807) is 6.92 Å². The van der Waals surface area contributed by atoms with Crippen molar-refractivity contribution in [1.82, 2.24) is 15.0 Å². The molecule has 0 radical (unpaired) electrons. The van der Waals surface area contributed by atoms with E-state index < -0.39 is 0 Å². The summed E-state index contributed by atoms with van der Waals surface area (Å²) in [6.45, 7) is 4.37. The van der Waals surface area contributed by atoms with E-state index in [4.69, 9.17) is 4.42 Å². The Labute approximate surface area is 132 Å². The van der Waals surface area contributed by atoms with Crippen molar-refractivity contribution in [1.29, 1.82) is 0 Å². The summed E-state index contributed by atoms with van der Waals surface area (Å²) in [4.78, 5) is 16.5. The van der Waals surface area contributed by atoms with Crippen LogP contribution in [0.25, 0.3) is 11.1 Å². The number of fused-ring (bicyclic) bond motifs is 1. The van der Waals surface area contributed by atoms with Gasteiger partial charge in [-0.1, -0.05) is 12.1 Å². The van der Waals surface area contributed by atoms with Gasteiger partial charge >= 0.3 is 0 Å². The molecule has 0 bridgehead atoms. The number of anilines is 2. The molecule has 1 aliphatic heterocycles. The number of hydrogen-bond acceptors (Lipinski definition) is 6. The SMILES string of the molecule is Cc1ncnc(N2CCN(c3nc4ccccc4o3)CC2)c1F. The standard InChI is InChI=1S/C16H16FN5O/c1-11-14(17)15(19-10-18-11)21-6-8-22(9-7-21)16-20-12-4-2-3-5-13(12)23-16/h2-5,10H,6-9H2,1H3. The van der Waals surface area contributed by atoms with Crippen molar-refractivity contribution in [3.63, 3.8) is 0 Å². The van der Waals surface area contributed by atoms with Crippen LogP contribution < -0.4 is 9.80 Å². The largest absolute Gasteiger partial charge is 0.423 e. The van der Waals surface area contributed by atoms with E-state index in [1.165, 1.54) is 6.33 Å². The van der Waals surface area contributed by atoms with Crippen LogP contribution in [0.4, 0.5) is 16.2 Å². The van der Waals surface area contributed by atoms with Crippen molar-refractivity contribution in [3.05, 3.63) is 42.1 Å². The van der Waals surface area contributed by atoms with Gasteiger partial charge in [-0.3, -0.25) is 0 Å². The van der Waals surface area contributed by atoms with Crippen molar-refractivity contribution >= 4 is 22.9 Å². The Morgan fingerprint density at radius 1 is 1.04 bits per heavy atom. The van der Waals surface area contributed by atoms with Crippen LogP contribution in [0.5, 0.6) is 0 Å². The quantitative estimate of drug-likeness (QED) is 0.724. The van der Waals surface area contributed by atoms with E-state index in [-0.39, 0.29) is 5.82 Å². The molecule has 4 rings (SSSR count). The molecule has 3 heterocycles. The van der Waals surface area contributed by atoms with Gasteiger partial charge in [0.2, 0.25) is 0 Å². The Kier molecular flexibility index (Phi) is 3.33. The Morgan fingerprint density at radius 2 is 1.78 bits per heavy atom. The minimum Gasteiger partial charge on any atom is -0.423 e. The first-order valence-corrected chi connectivity index (χ1v) is 7.55. The molecular formula is C16H16FN5O. The summed E-state index contributed by atoms with van der Waals surface area (Å²) in [6.07, 6.45) is 1.40. The maximum atomic E-state index is 14.1. The molecule has 6 nitrogen and oxygen atoms in total. The monoisotopic (exact) mass is 313 g/mol. The van der Waals surface area contributed by atoms with Crippen molar-refractivity contribution in [2.24, 2.45) is 0 Å². The lowest BCUT2D eigenvalue weighted by atomic mass is 10.3. The first-order chi connectivity index (χ1) is 11.2. The van der Waals surface area contributed by atoms with Crippen molar-refractivity contribution in [2.45, 2.75) is 6.92 Å². The van der Waals surface area contributed by atoms with Crippen molar-refractivity contribution in [3.8, 4) is 0 Å². The third-order valence-electron chi connectivity index (χ3n) is 4.08. The van der Waals surface area contributed by atoms with Crippen LogP contribution in [0.15, 0.2) is 35.0 Å². The number of aryl methyl sites for hydroxylation is 1. The molecule has 1 aliphatic rings. The van der Waals surface area contributed by atoms with Gasteiger partial charge in [0.25, 0.3) is 6.01 Å². The highest BCUT2D eigenvalue weighted by Crippen LogP contribution is 2.24. The third kappa shape index (κ3) is 2.48. The van der Waals surface area contributed by atoms with Gasteiger partial charge in [0.05, 0.1) is 5.69 Å². The zero-order valence-electron chi connectivity index (χ0n) is 12.7. The molecule has 0 spiro atoms. The van der Waals surface area contributed by atoms with Crippen LogP contribution in [-0.4, -0.2) is 41.1 Å². The minimum absolute atomic E-state index is 0.345. The number of oxazole rings is 1. The predicted octanol–water partition coefficient (Wildman–Crippen LogP) is 2.39. The molecule has 1 aromatic carbocycles. The van der Waals surface area contributed by atoms with E-state index in [1.807, 2.05) is 29.2 Å². The first-order valence-electron chi connectivity index (χ1n) is 7.55. The van der Waals surface area contributed by atoms with Gasteiger partial charge < -0.3 is 14.2 Å². The lowest BCUT2D eigenvalue weighted by Gasteiger charge is -2.34. The molecule has 0 saturated carbocycles. The zero-order chi connectivity index (χ0) is 15.8.